The first-order chi connectivity index (χ1) is 5.18. The van der Waals surface area contributed by atoms with E-state index in [1.54, 1.807) is 0 Å². The molecule has 1 aliphatic rings. The minimum absolute atomic E-state index is 0.399. The van der Waals surface area contributed by atoms with Crippen molar-refractivity contribution in [1.29, 1.82) is 0 Å². The maximum absolute atomic E-state index is 10.7. The zero-order chi connectivity index (χ0) is 8.27. The maximum Gasteiger partial charge on any atom is 0.304 e. The smallest absolute Gasteiger partial charge is 0.304 e. The van der Waals surface area contributed by atoms with Crippen LogP contribution in [-0.2, 0) is 19.4 Å². The van der Waals surface area contributed by atoms with E-state index in [2.05, 4.69) is 0 Å². The van der Waals surface area contributed by atoms with Crippen molar-refractivity contribution in [2.24, 2.45) is 0 Å². The van der Waals surface area contributed by atoms with Gasteiger partial charge in [-0.25, -0.2) is 5.11 Å². The first-order valence-corrected chi connectivity index (χ1v) is 3.67. The molecule has 0 aliphatic carbocycles. The average Bonchev–Trinajstić information content (AvgIpc) is 1.85. The van der Waals surface area contributed by atoms with Crippen LogP contribution in [0.25, 0.3) is 0 Å². The van der Waals surface area contributed by atoms with Gasteiger partial charge in [0.05, 0.1) is 0 Å². The molecule has 2 unspecified atom stereocenters. The van der Waals surface area contributed by atoms with Crippen LogP contribution < -0.4 is 0 Å². The molecule has 4 heteroatoms. The third kappa shape index (κ3) is 2.86. The van der Waals surface area contributed by atoms with Gasteiger partial charge in [-0.3, -0.25) is 4.79 Å². The summed E-state index contributed by atoms with van der Waals surface area (Å²) in [4.78, 5) is 10.4. The molecule has 1 heterocycles. The van der Waals surface area contributed by atoms with Crippen molar-refractivity contribution in [3.63, 3.8) is 0 Å². The summed E-state index contributed by atoms with van der Waals surface area (Å²) >= 11 is 0. The fraction of sp³-hybridized carbons (Fsp3) is 0.857. The zero-order valence-electron chi connectivity index (χ0n) is 6.41. The van der Waals surface area contributed by atoms with Crippen molar-refractivity contribution in [3.8, 4) is 0 Å². The Bertz CT molecular complexity index is 145. The molecule has 0 bridgehead atoms. The molecular weight excluding hydrogens is 148 g/mol. The first kappa shape index (κ1) is 8.49. The molecule has 2 atom stereocenters. The van der Waals surface area contributed by atoms with Crippen LogP contribution in [-0.4, -0.2) is 18.5 Å². The molecule has 63 valence electrons. The molecule has 1 rings (SSSR count). The first-order valence-electron chi connectivity index (χ1n) is 3.67. The molecular formula is C7H11O4. The van der Waals surface area contributed by atoms with Crippen LogP contribution in [0.3, 0.4) is 0 Å². The van der Waals surface area contributed by atoms with E-state index in [1.807, 2.05) is 0 Å². The molecule has 4 nitrogen and oxygen atoms in total. The van der Waals surface area contributed by atoms with Gasteiger partial charge in [-0.15, -0.1) is 0 Å². The Hall–Kier alpha value is -0.610. The number of esters is 1. The second kappa shape index (κ2) is 3.69. The Morgan fingerprint density at radius 3 is 2.82 bits per heavy atom. The summed E-state index contributed by atoms with van der Waals surface area (Å²) in [5, 5.41) is 10.7. The van der Waals surface area contributed by atoms with Crippen molar-refractivity contribution in [2.45, 2.75) is 38.8 Å². The lowest BCUT2D eigenvalue weighted by Crippen LogP contribution is -2.29. The monoisotopic (exact) mass is 159 g/mol. The lowest BCUT2D eigenvalue weighted by Gasteiger charge is -2.24. The molecule has 0 N–H and O–H groups in total. The lowest BCUT2D eigenvalue weighted by atomic mass is 10.2. The molecule has 1 fully saturated rings. The molecule has 1 radical (unpaired) electrons. The predicted octanol–water partition coefficient (Wildman–Crippen LogP) is 0.833. The quantitative estimate of drug-likeness (QED) is 0.532. The highest BCUT2D eigenvalue weighted by atomic mass is 16.7. The van der Waals surface area contributed by atoms with Crippen LogP contribution >= 0.6 is 0 Å². The average molecular weight is 159 g/mol. The third-order valence-corrected chi connectivity index (χ3v) is 1.48. The van der Waals surface area contributed by atoms with Gasteiger partial charge in [0.1, 0.15) is 0 Å². The number of carbonyl (C=O) groups excluding carboxylic acids is 1. The van der Waals surface area contributed by atoms with Crippen molar-refractivity contribution in [1.82, 2.24) is 0 Å². The van der Waals surface area contributed by atoms with Gasteiger partial charge in [0.2, 0.25) is 6.29 Å². The summed E-state index contributed by atoms with van der Waals surface area (Å²) in [7, 11) is 0. The molecule has 11 heavy (non-hydrogen) atoms. The second-order valence-corrected chi connectivity index (χ2v) is 2.54. The van der Waals surface area contributed by atoms with Crippen molar-refractivity contribution in [3.05, 3.63) is 0 Å². The third-order valence-electron chi connectivity index (χ3n) is 1.48. The van der Waals surface area contributed by atoms with Gasteiger partial charge in [-0.05, 0) is 6.42 Å². The van der Waals surface area contributed by atoms with Gasteiger partial charge in [-0.1, -0.05) is 0 Å². The van der Waals surface area contributed by atoms with E-state index >= 15 is 0 Å². The van der Waals surface area contributed by atoms with Crippen molar-refractivity contribution >= 4 is 5.97 Å². The van der Waals surface area contributed by atoms with E-state index in [0.717, 1.165) is 6.42 Å². The highest BCUT2D eigenvalue weighted by Crippen LogP contribution is 2.18. The summed E-state index contributed by atoms with van der Waals surface area (Å²) in [6, 6.07) is 0. The number of carbonyl (C=O) groups is 1. The van der Waals surface area contributed by atoms with Gasteiger partial charge in [-0.2, -0.15) is 0 Å². The fourth-order valence-corrected chi connectivity index (χ4v) is 1.03. The van der Waals surface area contributed by atoms with Crippen LogP contribution in [0.5, 0.6) is 0 Å². The molecule has 1 saturated heterocycles. The van der Waals surface area contributed by atoms with Gasteiger partial charge in [0, 0.05) is 19.8 Å². The highest BCUT2D eigenvalue weighted by Gasteiger charge is 2.23. The molecule has 0 spiro atoms. The minimum atomic E-state index is -1.02. The van der Waals surface area contributed by atoms with Crippen LogP contribution in [0.2, 0.25) is 0 Å². The summed E-state index contributed by atoms with van der Waals surface area (Å²) < 4.78 is 9.50. The van der Waals surface area contributed by atoms with E-state index in [-0.39, 0.29) is 0 Å². The molecule has 0 amide bonds. The topological polar surface area (TPSA) is 55.4 Å². The van der Waals surface area contributed by atoms with Crippen molar-refractivity contribution < 1.29 is 19.4 Å². The fourth-order valence-electron chi connectivity index (χ4n) is 1.03. The van der Waals surface area contributed by atoms with Crippen molar-refractivity contribution in [2.75, 3.05) is 0 Å². The van der Waals surface area contributed by atoms with E-state index in [0.29, 0.717) is 12.8 Å². The largest absolute Gasteiger partial charge is 0.436 e. The number of hydrogen-bond acceptors (Lipinski definition) is 3. The van der Waals surface area contributed by atoms with E-state index < -0.39 is 18.5 Å². The Balaban J connectivity index is 2.28. The maximum atomic E-state index is 10.7. The molecule has 1 aliphatic heterocycles. The van der Waals surface area contributed by atoms with Gasteiger partial charge < -0.3 is 9.47 Å². The van der Waals surface area contributed by atoms with Crippen LogP contribution in [0.15, 0.2) is 0 Å². The Morgan fingerprint density at radius 1 is 1.55 bits per heavy atom. The van der Waals surface area contributed by atoms with Gasteiger partial charge in [0.25, 0.3) is 0 Å². The van der Waals surface area contributed by atoms with E-state index in [4.69, 9.17) is 9.47 Å². The summed E-state index contributed by atoms with van der Waals surface area (Å²) in [6.45, 7) is 1.30. The van der Waals surface area contributed by atoms with Gasteiger partial charge >= 0.3 is 5.97 Å². The second-order valence-electron chi connectivity index (χ2n) is 2.54. The number of ether oxygens (including phenoxy) is 2. The summed E-state index contributed by atoms with van der Waals surface area (Å²) in [6.07, 6.45) is 0.291. The molecule has 0 aromatic rings. The molecule has 0 aromatic carbocycles. The SMILES string of the molecule is CC(=O)OC1CCCC([O])O1. The van der Waals surface area contributed by atoms with Crippen LogP contribution in [0, 0.1) is 0 Å². The predicted molar refractivity (Wildman–Crippen MR) is 35.0 cm³/mol. The Labute approximate surface area is 65.1 Å². The Kier molecular flexibility index (Phi) is 2.84. The van der Waals surface area contributed by atoms with Gasteiger partial charge in [0.15, 0.2) is 6.29 Å². The molecule has 0 aromatic heterocycles. The zero-order valence-corrected chi connectivity index (χ0v) is 6.41. The van der Waals surface area contributed by atoms with E-state index in [9.17, 15) is 9.90 Å². The number of rotatable bonds is 1. The summed E-state index contributed by atoms with van der Waals surface area (Å²) in [5.41, 5.74) is 0. The van der Waals surface area contributed by atoms with Crippen LogP contribution in [0.4, 0.5) is 0 Å². The van der Waals surface area contributed by atoms with Crippen LogP contribution in [0.1, 0.15) is 26.2 Å². The normalized spacial score (nSPS) is 31.5. The lowest BCUT2D eigenvalue weighted by molar-refractivity contribution is -0.261. The van der Waals surface area contributed by atoms with E-state index in [1.165, 1.54) is 6.92 Å². The minimum Gasteiger partial charge on any atom is -0.436 e. The standard InChI is InChI=1S/C7H11O4/c1-5(8)10-7-4-2-3-6(9)11-7/h6-7H,2-4H2,1H3. The Morgan fingerprint density at radius 2 is 2.27 bits per heavy atom. The highest BCUT2D eigenvalue weighted by molar-refractivity contribution is 5.66. The summed E-state index contributed by atoms with van der Waals surface area (Å²) in [5.74, 6) is -0.399. The number of hydrogen-bond donors (Lipinski definition) is 0. The molecule has 0 saturated carbocycles.